The van der Waals surface area contributed by atoms with Crippen LogP contribution in [0.1, 0.15) is 43.4 Å². The van der Waals surface area contributed by atoms with Crippen LogP contribution in [0.2, 0.25) is 0 Å². The van der Waals surface area contributed by atoms with Crippen LogP contribution in [0, 0.1) is 5.92 Å². The van der Waals surface area contributed by atoms with Crippen molar-refractivity contribution in [2.45, 2.75) is 33.1 Å². The fourth-order valence-corrected chi connectivity index (χ4v) is 5.44. The fraction of sp³-hybridized carbons (Fsp3) is 0.333. The first kappa shape index (κ1) is 28.2. The first-order chi connectivity index (χ1) is 20.0. The number of hydrogen-bond donors (Lipinski definition) is 3. The Hall–Kier alpha value is -4.30. The Kier molecular flexibility index (Phi) is 8.89. The minimum atomic E-state index is -0.679. The van der Waals surface area contributed by atoms with Crippen LogP contribution in [0.3, 0.4) is 0 Å². The number of hydrogen-bond acceptors (Lipinski definition) is 6. The maximum atomic E-state index is 13.4. The number of nitrogens with one attached hydrogen (secondary N) is 2. The molecule has 0 spiro atoms. The SMILES string of the molecule is CCOc1cc2c(cc1OCC)C(=C(Nc1ccc(CCN3CCC(C(=O)O)CC3)cc1)c1ccccc1)C(=O)N2. The number of amides is 1. The summed E-state index contributed by atoms with van der Waals surface area (Å²) in [5.74, 6) is 0.125. The van der Waals surface area contributed by atoms with Crippen LogP contribution in [0.5, 0.6) is 11.5 Å². The molecule has 2 aliphatic heterocycles. The number of carbonyl (C=O) groups is 2. The minimum Gasteiger partial charge on any atom is -0.490 e. The van der Waals surface area contributed by atoms with Gasteiger partial charge in [0.25, 0.3) is 5.91 Å². The van der Waals surface area contributed by atoms with Crippen LogP contribution in [0.15, 0.2) is 66.7 Å². The maximum Gasteiger partial charge on any atom is 0.306 e. The number of carbonyl (C=O) groups excluding carboxylic acids is 1. The summed E-state index contributed by atoms with van der Waals surface area (Å²) in [5.41, 5.74) is 5.68. The van der Waals surface area contributed by atoms with Gasteiger partial charge >= 0.3 is 5.97 Å². The van der Waals surface area contributed by atoms with Crippen LogP contribution >= 0.6 is 0 Å². The van der Waals surface area contributed by atoms with Crippen molar-refractivity contribution in [1.82, 2.24) is 4.90 Å². The number of carboxylic acid groups (broad SMARTS) is 1. The van der Waals surface area contributed by atoms with Gasteiger partial charge in [-0.05, 0) is 75.5 Å². The average Bonchev–Trinajstić information content (AvgIpc) is 3.30. The second-order valence-corrected chi connectivity index (χ2v) is 10.3. The monoisotopic (exact) mass is 555 g/mol. The fourth-order valence-electron chi connectivity index (χ4n) is 5.44. The second-order valence-electron chi connectivity index (χ2n) is 10.3. The van der Waals surface area contributed by atoms with Gasteiger partial charge in [0.1, 0.15) is 0 Å². The molecule has 3 N–H and O–H groups in total. The quantitative estimate of drug-likeness (QED) is 0.259. The molecule has 0 atom stereocenters. The van der Waals surface area contributed by atoms with E-state index >= 15 is 0 Å². The van der Waals surface area contributed by atoms with Gasteiger partial charge in [-0.2, -0.15) is 0 Å². The minimum absolute atomic E-state index is 0.189. The highest BCUT2D eigenvalue weighted by molar-refractivity contribution is 6.37. The third kappa shape index (κ3) is 6.55. The number of rotatable bonds is 11. The largest absolute Gasteiger partial charge is 0.490 e. The molecule has 41 heavy (non-hydrogen) atoms. The lowest BCUT2D eigenvalue weighted by atomic mass is 9.97. The van der Waals surface area contributed by atoms with Gasteiger partial charge < -0.3 is 30.1 Å². The summed E-state index contributed by atoms with van der Waals surface area (Å²) in [4.78, 5) is 27.0. The van der Waals surface area contributed by atoms with E-state index in [4.69, 9.17) is 9.47 Å². The van der Waals surface area contributed by atoms with Crippen LogP contribution < -0.4 is 20.1 Å². The topological polar surface area (TPSA) is 100 Å². The molecule has 0 unspecified atom stereocenters. The van der Waals surface area contributed by atoms with E-state index in [-0.39, 0.29) is 11.8 Å². The number of fused-ring (bicyclic) bond motifs is 1. The van der Waals surface area contributed by atoms with Crippen LogP contribution in [-0.2, 0) is 16.0 Å². The van der Waals surface area contributed by atoms with Crippen LogP contribution in [-0.4, -0.2) is 54.7 Å². The highest BCUT2D eigenvalue weighted by atomic mass is 16.5. The standard InChI is InChI=1S/C33H37N3O5/c1-3-40-28-20-26-27(21-29(28)41-4-2)35-32(37)30(26)31(23-8-6-5-7-9-23)34-25-12-10-22(11-13-25)14-17-36-18-15-24(16-19-36)33(38)39/h5-13,20-21,24,34H,3-4,14-19H2,1-2H3,(H,35,37)(H,38,39). The van der Waals surface area contributed by atoms with Gasteiger partial charge in [0, 0.05) is 23.9 Å². The Morgan fingerprint density at radius 3 is 2.27 bits per heavy atom. The molecule has 0 saturated carbocycles. The average molecular weight is 556 g/mol. The van der Waals surface area contributed by atoms with E-state index in [0.717, 1.165) is 42.9 Å². The lowest BCUT2D eigenvalue weighted by Gasteiger charge is -2.29. The van der Waals surface area contributed by atoms with Gasteiger partial charge in [-0.3, -0.25) is 9.59 Å². The second kappa shape index (κ2) is 12.9. The summed E-state index contributed by atoms with van der Waals surface area (Å²) in [6, 6.07) is 21.8. The van der Waals surface area contributed by atoms with Gasteiger partial charge in [-0.15, -0.1) is 0 Å². The number of likely N-dealkylation sites (tertiary alicyclic amines) is 1. The third-order valence-corrected chi connectivity index (χ3v) is 7.62. The van der Waals surface area contributed by atoms with E-state index in [0.29, 0.717) is 54.5 Å². The van der Waals surface area contributed by atoms with Gasteiger partial charge in [-0.25, -0.2) is 0 Å². The Balaban J connectivity index is 1.39. The number of aliphatic carboxylic acids is 1. The molecule has 1 saturated heterocycles. The highest BCUT2D eigenvalue weighted by Gasteiger charge is 2.31. The Labute approximate surface area is 241 Å². The predicted octanol–water partition coefficient (Wildman–Crippen LogP) is 5.76. The van der Waals surface area contributed by atoms with Crippen molar-refractivity contribution in [3.63, 3.8) is 0 Å². The lowest BCUT2D eigenvalue weighted by Crippen LogP contribution is -2.37. The van der Waals surface area contributed by atoms with E-state index in [1.165, 1.54) is 5.56 Å². The van der Waals surface area contributed by atoms with E-state index < -0.39 is 5.97 Å². The van der Waals surface area contributed by atoms with Crippen LogP contribution in [0.25, 0.3) is 11.3 Å². The molecule has 3 aromatic rings. The molecule has 2 heterocycles. The highest BCUT2D eigenvalue weighted by Crippen LogP contribution is 2.43. The zero-order valence-electron chi connectivity index (χ0n) is 23.6. The molecule has 0 aromatic heterocycles. The summed E-state index contributed by atoms with van der Waals surface area (Å²) in [7, 11) is 0. The van der Waals surface area contributed by atoms with E-state index in [1.54, 1.807) is 0 Å². The number of anilines is 2. The van der Waals surface area contributed by atoms with E-state index in [9.17, 15) is 14.7 Å². The molecule has 1 amide bonds. The van der Waals surface area contributed by atoms with Crippen molar-refractivity contribution in [1.29, 1.82) is 0 Å². The predicted molar refractivity (Wildman–Crippen MR) is 161 cm³/mol. The molecule has 2 aliphatic rings. The Bertz CT molecular complexity index is 1410. The van der Waals surface area contributed by atoms with Crippen molar-refractivity contribution in [2.75, 3.05) is 43.5 Å². The van der Waals surface area contributed by atoms with Crippen molar-refractivity contribution in [2.24, 2.45) is 5.92 Å². The first-order valence-corrected chi connectivity index (χ1v) is 14.3. The first-order valence-electron chi connectivity index (χ1n) is 14.3. The normalized spacial score (nSPS) is 16.6. The zero-order chi connectivity index (χ0) is 28.8. The molecule has 0 aliphatic carbocycles. The van der Waals surface area contributed by atoms with Crippen molar-refractivity contribution in [3.05, 3.63) is 83.4 Å². The molecule has 0 bridgehead atoms. The molecule has 1 fully saturated rings. The smallest absolute Gasteiger partial charge is 0.306 e. The number of nitrogens with zero attached hydrogens (tertiary/aromatic N) is 1. The zero-order valence-corrected chi connectivity index (χ0v) is 23.6. The van der Waals surface area contributed by atoms with Crippen molar-refractivity contribution in [3.8, 4) is 11.5 Å². The van der Waals surface area contributed by atoms with Gasteiger partial charge in [-0.1, -0.05) is 42.5 Å². The summed E-state index contributed by atoms with van der Waals surface area (Å²) in [6.45, 7) is 7.37. The number of benzene rings is 3. The molecule has 3 aromatic carbocycles. The molecule has 214 valence electrons. The number of carboxylic acids is 1. The van der Waals surface area contributed by atoms with Gasteiger partial charge in [0.05, 0.1) is 36.1 Å². The lowest BCUT2D eigenvalue weighted by molar-refractivity contribution is -0.143. The number of ether oxygens (including phenoxy) is 2. The van der Waals surface area contributed by atoms with E-state index in [2.05, 4.69) is 27.7 Å². The summed E-state index contributed by atoms with van der Waals surface area (Å²) in [5, 5.41) is 15.8. The third-order valence-electron chi connectivity index (χ3n) is 7.62. The summed E-state index contributed by atoms with van der Waals surface area (Å²) < 4.78 is 11.6. The summed E-state index contributed by atoms with van der Waals surface area (Å²) >= 11 is 0. The molecule has 8 nitrogen and oxygen atoms in total. The molecular weight excluding hydrogens is 518 g/mol. The van der Waals surface area contributed by atoms with Crippen molar-refractivity contribution < 1.29 is 24.2 Å². The van der Waals surface area contributed by atoms with Gasteiger partial charge in [0.2, 0.25) is 0 Å². The molecular formula is C33H37N3O5. The molecule has 0 radical (unpaired) electrons. The molecule has 8 heteroatoms. The Morgan fingerprint density at radius 1 is 0.976 bits per heavy atom. The summed E-state index contributed by atoms with van der Waals surface area (Å²) in [6.07, 6.45) is 2.32. The molecule has 5 rings (SSSR count). The number of piperidine rings is 1. The van der Waals surface area contributed by atoms with E-state index in [1.807, 2.05) is 68.4 Å². The van der Waals surface area contributed by atoms with Crippen LogP contribution in [0.4, 0.5) is 11.4 Å². The van der Waals surface area contributed by atoms with Gasteiger partial charge in [0.15, 0.2) is 11.5 Å². The Morgan fingerprint density at radius 2 is 1.63 bits per heavy atom. The maximum absolute atomic E-state index is 13.4. The van der Waals surface area contributed by atoms with Crippen molar-refractivity contribution >= 4 is 34.5 Å².